The van der Waals surface area contributed by atoms with E-state index in [4.69, 9.17) is 4.74 Å². The zero-order chi connectivity index (χ0) is 11.7. The lowest BCUT2D eigenvalue weighted by Gasteiger charge is -2.10. The van der Waals surface area contributed by atoms with Gasteiger partial charge in [-0.1, -0.05) is 45.0 Å². The van der Waals surface area contributed by atoms with Gasteiger partial charge in [0.1, 0.15) is 0 Å². The Morgan fingerprint density at radius 3 is 2.12 bits per heavy atom. The van der Waals surface area contributed by atoms with Crippen LogP contribution in [0.1, 0.15) is 44.7 Å². The molecule has 0 N–H and O–H groups in total. The van der Waals surface area contributed by atoms with Crippen LogP contribution in [0.3, 0.4) is 0 Å². The van der Waals surface area contributed by atoms with Gasteiger partial charge >= 0.3 is 0 Å². The largest absolute Gasteiger partial charge is 0.370 e. The SMILES string of the molecule is CC(C)c1ccc(CC(C)C2OC2C)cc1. The lowest BCUT2D eigenvalue weighted by atomic mass is 9.94. The van der Waals surface area contributed by atoms with Crippen molar-refractivity contribution >= 4 is 0 Å². The van der Waals surface area contributed by atoms with E-state index in [0.29, 0.717) is 24.0 Å². The van der Waals surface area contributed by atoms with Gasteiger partial charge in [0, 0.05) is 0 Å². The van der Waals surface area contributed by atoms with Crippen LogP contribution in [0.5, 0.6) is 0 Å². The highest BCUT2D eigenvalue weighted by Crippen LogP contribution is 2.31. The van der Waals surface area contributed by atoms with E-state index in [0.717, 1.165) is 6.42 Å². The van der Waals surface area contributed by atoms with E-state index >= 15 is 0 Å². The molecule has 16 heavy (non-hydrogen) atoms. The number of rotatable bonds is 4. The molecule has 1 aromatic rings. The summed E-state index contributed by atoms with van der Waals surface area (Å²) in [5, 5.41) is 0. The van der Waals surface area contributed by atoms with Crippen LogP contribution in [0.4, 0.5) is 0 Å². The van der Waals surface area contributed by atoms with E-state index in [1.54, 1.807) is 0 Å². The summed E-state index contributed by atoms with van der Waals surface area (Å²) < 4.78 is 5.51. The van der Waals surface area contributed by atoms with Gasteiger partial charge in [0.25, 0.3) is 0 Å². The summed E-state index contributed by atoms with van der Waals surface area (Å²) in [7, 11) is 0. The predicted octanol–water partition coefficient (Wildman–Crippen LogP) is 3.78. The standard InChI is InChI=1S/C15H22O/c1-10(2)14-7-5-13(6-8-14)9-11(3)15-12(4)16-15/h5-8,10-12,15H,9H2,1-4H3. The minimum atomic E-state index is 0.477. The normalized spacial score (nSPS) is 25.8. The molecule has 1 aromatic carbocycles. The fraction of sp³-hybridized carbons (Fsp3) is 0.600. The first-order valence-corrected chi connectivity index (χ1v) is 6.32. The molecule has 3 atom stereocenters. The molecule has 1 heterocycles. The van der Waals surface area contributed by atoms with Crippen LogP contribution in [0.2, 0.25) is 0 Å². The highest BCUT2D eigenvalue weighted by atomic mass is 16.6. The van der Waals surface area contributed by atoms with Gasteiger partial charge in [0.2, 0.25) is 0 Å². The second-order valence-corrected chi connectivity index (χ2v) is 5.38. The molecule has 1 aliphatic heterocycles. The summed E-state index contributed by atoms with van der Waals surface area (Å²) >= 11 is 0. The quantitative estimate of drug-likeness (QED) is 0.701. The molecule has 0 saturated carbocycles. The summed E-state index contributed by atoms with van der Waals surface area (Å²) in [6.07, 6.45) is 2.10. The third-order valence-electron chi connectivity index (χ3n) is 3.52. The monoisotopic (exact) mass is 218 g/mol. The first kappa shape index (κ1) is 11.7. The third-order valence-corrected chi connectivity index (χ3v) is 3.52. The number of ether oxygens (including phenoxy) is 1. The van der Waals surface area contributed by atoms with Crippen LogP contribution in [-0.4, -0.2) is 12.2 Å². The average Bonchev–Trinajstić information content (AvgIpc) is 2.96. The van der Waals surface area contributed by atoms with Gasteiger partial charge in [-0.3, -0.25) is 0 Å². The van der Waals surface area contributed by atoms with Crippen molar-refractivity contribution in [2.75, 3.05) is 0 Å². The summed E-state index contributed by atoms with van der Waals surface area (Å²) in [6.45, 7) is 8.91. The van der Waals surface area contributed by atoms with Crippen LogP contribution in [0.15, 0.2) is 24.3 Å². The molecule has 2 rings (SSSR count). The molecule has 3 unspecified atom stereocenters. The number of hydrogen-bond donors (Lipinski definition) is 0. The second-order valence-electron chi connectivity index (χ2n) is 5.38. The predicted molar refractivity (Wildman–Crippen MR) is 67.7 cm³/mol. The molecule has 1 saturated heterocycles. The van der Waals surface area contributed by atoms with E-state index in [1.807, 2.05) is 0 Å². The fourth-order valence-corrected chi connectivity index (χ4v) is 2.33. The third kappa shape index (κ3) is 2.65. The Morgan fingerprint density at radius 1 is 1.12 bits per heavy atom. The summed E-state index contributed by atoms with van der Waals surface area (Å²) in [4.78, 5) is 0. The second kappa shape index (κ2) is 4.58. The van der Waals surface area contributed by atoms with Crippen molar-refractivity contribution in [3.8, 4) is 0 Å². The zero-order valence-electron chi connectivity index (χ0n) is 10.7. The molecular formula is C15H22O. The summed E-state index contributed by atoms with van der Waals surface area (Å²) in [5.41, 5.74) is 2.85. The Labute approximate surface area is 98.8 Å². The average molecular weight is 218 g/mol. The fourth-order valence-electron chi connectivity index (χ4n) is 2.33. The molecule has 88 valence electrons. The summed E-state index contributed by atoms with van der Waals surface area (Å²) in [6, 6.07) is 9.03. The molecule has 0 radical (unpaired) electrons. The Morgan fingerprint density at radius 2 is 1.69 bits per heavy atom. The zero-order valence-corrected chi connectivity index (χ0v) is 10.7. The van der Waals surface area contributed by atoms with Gasteiger partial charge in [0.05, 0.1) is 12.2 Å². The van der Waals surface area contributed by atoms with E-state index in [2.05, 4.69) is 52.0 Å². The van der Waals surface area contributed by atoms with Crippen molar-refractivity contribution in [3.05, 3.63) is 35.4 Å². The van der Waals surface area contributed by atoms with Gasteiger partial charge in [-0.05, 0) is 36.3 Å². The molecule has 0 bridgehead atoms. The van der Waals surface area contributed by atoms with E-state index in [9.17, 15) is 0 Å². The van der Waals surface area contributed by atoms with Gasteiger partial charge in [-0.15, -0.1) is 0 Å². The molecule has 1 aliphatic rings. The van der Waals surface area contributed by atoms with Crippen molar-refractivity contribution in [1.29, 1.82) is 0 Å². The van der Waals surface area contributed by atoms with Crippen LogP contribution in [0.25, 0.3) is 0 Å². The number of benzene rings is 1. The Balaban J connectivity index is 1.94. The molecule has 1 heteroatoms. The van der Waals surface area contributed by atoms with Crippen LogP contribution < -0.4 is 0 Å². The van der Waals surface area contributed by atoms with Crippen LogP contribution >= 0.6 is 0 Å². The molecule has 1 nitrogen and oxygen atoms in total. The van der Waals surface area contributed by atoms with Crippen molar-refractivity contribution in [1.82, 2.24) is 0 Å². The maximum atomic E-state index is 5.51. The van der Waals surface area contributed by atoms with Gasteiger partial charge in [0.15, 0.2) is 0 Å². The first-order valence-electron chi connectivity index (χ1n) is 6.32. The summed E-state index contributed by atoms with van der Waals surface area (Å²) in [5.74, 6) is 1.26. The highest BCUT2D eigenvalue weighted by molar-refractivity contribution is 5.25. The maximum absolute atomic E-state index is 5.51. The molecular weight excluding hydrogens is 196 g/mol. The van der Waals surface area contributed by atoms with Gasteiger partial charge in [-0.25, -0.2) is 0 Å². The van der Waals surface area contributed by atoms with Gasteiger partial charge < -0.3 is 4.74 Å². The number of hydrogen-bond acceptors (Lipinski definition) is 1. The molecule has 0 spiro atoms. The maximum Gasteiger partial charge on any atom is 0.0867 e. The molecule has 0 aliphatic carbocycles. The topological polar surface area (TPSA) is 12.5 Å². The Kier molecular flexibility index (Phi) is 3.34. The van der Waals surface area contributed by atoms with Crippen molar-refractivity contribution in [3.63, 3.8) is 0 Å². The highest BCUT2D eigenvalue weighted by Gasteiger charge is 2.38. The van der Waals surface area contributed by atoms with Crippen molar-refractivity contribution in [2.45, 2.75) is 52.2 Å². The minimum absolute atomic E-state index is 0.477. The first-order chi connectivity index (χ1) is 7.58. The number of epoxide rings is 1. The van der Waals surface area contributed by atoms with Crippen LogP contribution in [0, 0.1) is 5.92 Å². The van der Waals surface area contributed by atoms with E-state index < -0.39 is 0 Å². The van der Waals surface area contributed by atoms with Crippen molar-refractivity contribution in [2.24, 2.45) is 5.92 Å². The smallest absolute Gasteiger partial charge is 0.0867 e. The van der Waals surface area contributed by atoms with E-state index in [-0.39, 0.29) is 0 Å². The van der Waals surface area contributed by atoms with Gasteiger partial charge in [-0.2, -0.15) is 0 Å². The molecule has 0 aromatic heterocycles. The van der Waals surface area contributed by atoms with E-state index in [1.165, 1.54) is 11.1 Å². The Bertz CT molecular complexity index is 339. The minimum Gasteiger partial charge on any atom is -0.370 e. The lowest BCUT2D eigenvalue weighted by Crippen LogP contribution is -2.09. The molecule has 0 amide bonds. The molecule has 1 fully saturated rings. The Hall–Kier alpha value is -0.820. The van der Waals surface area contributed by atoms with Crippen LogP contribution in [-0.2, 0) is 11.2 Å². The van der Waals surface area contributed by atoms with Crippen molar-refractivity contribution < 1.29 is 4.74 Å². The lowest BCUT2D eigenvalue weighted by molar-refractivity contribution is 0.328.